The van der Waals surface area contributed by atoms with Crippen LogP contribution in [0.2, 0.25) is 0 Å². The van der Waals surface area contributed by atoms with Gasteiger partial charge < -0.3 is 14.0 Å². The minimum absolute atomic E-state index is 0.257. The lowest BCUT2D eigenvalue weighted by atomic mass is 10.00. The first kappa shape index (κ1) is 14.5. The van der Waals surface area contributed by atoms with Crippen molar-refractivity contribution in [3.05, 3.63) is 59.5 Å². The molecule has 0 saturated carbocycles. The summed E-state index contributed by atoms with van der Waals surface area (Å²) < 4.78 is 16.2. The van der Waals surface area contributed by atoms with Gasteiger partial charge in [0, 0.05) is 18.7 Å². The molecule has 0 fully saturated rings. The summed E-state index contributed by atoms with van der Waals surface area (Å²) in [6.07, 6.45) is 1.05. The molecule has 3 aromatic rings. The van der Waals surface area contributed by atoms with Crippen LogP contribution in [0.25, 0.3) is 11.4 Å². The van der Waals surface area contributed by atoms with Crippen LogP contribution in [0.1, 0.15) is 17.0 Å². The molecule has 0 spiro atoms. The summed E-state index contributed by atoms with van der Waals surface area (Å²) in [4.78, 5) is 6.87. The average molecular weight is 335 g/mol. The maximum atomic E-state index is 5.45. The van der Waals surface area contributed by atoms with Gasteiger partial charge >= 0.3 is 0 Å². The van der Waals surface area contributed by atoms with Gasteiger partial charge in [0.15, 0.2) is 11.5 Å². The molecule has 2 aliphatic rings. The van der Waals surface area contributed by atoms with Crippen molar-refractivity contribution < 1.29 is 14.0 Å². The smallest absolute Gasteiger partial charge is 0.241 e. The van der Waals surface area contributed by atoms with E-state index in [4.69, 9.17) is 14.0 Å². The molecule has 126 valence electrons. The maximum Gasteiger partial charge on any atom is 0.241 e. The first-order valence-corrected chi connectivity index (χ1v) is 8.37. The van der Waals surface area contributed by atoms with Crippen molar-refractivity contribution in [3.63, 3.8) is 0 Å². The van der Waals surface area contributed by atoms with Crippen LogP contribution in [0.5, 0.6) is 11.5 Å². The van der Waals surface area contributed by atoms with Crippen molar-refractivity contribution >= 4 is 0 Å². The lowest BCUT2D eigenvalue weighted by molar-refractivity contribution is 0.174. The normalized spacial score (nSPS) is 16.0. The number of hydrogen-bond acceptors (Lipinski definition) is 6. The van der Waals surface area contributed by atoms with Gasteiger partial charge in [0.25, 0.3) is 0 Å². The van der Waals surface area contributed by atoms with Crippen molar-refractivity contribution in [1.29, 1.82) is 0 Å². The fourth-order valence-electron chi connectivity index (χ4n) is 3.35. The zero-order valence-corrected chi connectivity index (χ0v) is 13.6. The van der Waals surface area contributed by atoms with Gasteiger partial charge in [-0.1, -0.05) is 29.4 Å². The van der Waals surface area contributed by atoms with E-state index in [0.717, 1.165) is 36.6 Å². The maximum absolute atomic E-state index is 5.45. The van der Waals surface area contributed by atoms with Gasteiger partial charge in [-0.3, -0.25) is 4.90 Å². The lowest BCUT2D eigenvalue weighted by Gasteiger charge is -2.27. The van der Waals surface area contributed by atoms with E-state index in [2.05, 4.69) is 39.3 Å². The van der Waals surface area contributed by atoms with E-state index >= 15 is 0 Å². The van der Waals surface area contributed by atoms with Crippen molar-refractivity contribution in [2.75, 3.05) is 13.3 Å². The fraction of sp³-hybridized carbons (Fsp3) is 0.263. The van der Waals surface area contributed by atoms with E-state index < -0.39 is 0 Å². The van der Waals surface area contributed by atoms with Crippen molar-refractivity contribution in [2.45, 2.75) is 19.5 Å². The first-order valence-electron chi connectivity index (χ1n) is 8.37. The molecular formula is C19H17N3O3. The van der Waals surface area contributed by atoms with Crippen LogP contribution in [0.15, 0.2) is 47.0 Å². The molecule has 5 rings (SSSR count). The summed E-state index contributed by atoms with van der Waals surface area (Å²) in [6.45, 7) is 2.83. The molecular weight excluding hydrogens is 318 g/mol. The van der Waals surface area contributed by atoms with E-state index in [1.165, 1.54) is 11.1 Å². The molecule has 0 N–H and O–H groups in total. The predicted molar refractivity (Wildman–Crippen MR) is 90.1 cm³/mol. The molecule has 0 radical (unpaired) electrons. The molecule has 6 heteroatoms. The molecule has 6 nitrogen and oxygen atoms in total. The molecule has 0 unspecified atom stereocenters. The zero-order chi connectivity index (χ0) is 16.6. The monoisotopic (exact) mass is 335 g/mol. The molecule has 0 bridgehead atoms. The fourth-order valence-corrected chi connectivity index (χ4v) is 3.35. The van der Waals surface area contributed by atoms with Gasteiger partial charge in [-0.25, -0.2) is 0 Å². The largest absolute Gasteiger partial charge is 0.454 e. The summed E-state index contributed by atoms with van der Waals surface area (Å²) in [6, 6.07) is 14.3. The Morgan fingerprint density at radius 2 is 1.88 bits per heavy atom. The third kappa shape index (κ3) is 2.74. The summed E-state index contributed by atoms with van der Waals surface area (Å²) in [5, 5.41) is 4.11. The van der Waals surface area contributed by atoms with E-state index in [1.54, 1.807) is 0 Å². The molecule has 2 aliphatic heterocycles. The number of nitrogens with zero attached hydrogens (tertiary/aromatic N) is 3. The highest BCUT2D eigenvalue weighted by Gasteiger charge is 2.20. The quantitative estimate of drug-likeness (QED) is 0.733. The van der Waals surface area contributed by atoms with Crippen molar-refractivity contribution in [3.8, 4) is 22.9 Å². The summed E-state index contributed by atoms with van der Waals surface area (Å²) in [5.74, 6) is 2.67. The van der Waals surface area contributed by atoms with Gasteiger partial charge in [0.05, 0.1) is 6.54 Å². The van der Waals surface area contributed by atoms with Crippen LogP contribution in [-0.4, -0.2) is 28.4 Å². The minimum atomic E-state index is 0.257. The Morgan fingerprint density at radius 3 is 2.84 bits per heavy atom. The molecule has 3 heterocycles. The predicted octanol–water partition coefficient (Wildman–Crippen LogP) is 3.02. The Kier molecular flexibility index (Phi) is 3.41. The Morgan fingerprint density at radius 1 is 1.00 bits per heavy atom. The standard InChI is InChI=1S/C19H17N3O3/c1-2-4-15-10-22(8-7-13(15)3-1)11-18-20-19(21-25-18)14-5-6-16-17(9-14)24-12-23-16/h1-6,9H,7-8,10-12H2. The number of hydrogen-bond donors (Lipinski definition) is 0. The van der Waals surface area contributed by atoms with Crippen LogP contribution in [0.4, 0.5) is 0 Å². The van der Waals surface area contributed by atoms with Crippen LogP contribution in [0, 0.1) is 0 Å². The number of fused-ring (bicyclic) bond motifs is 2. The number of rotatable bonds is 3. The Labute approximate surface area is 145 Å². The Balaban J connectivity index is 1.32. The van der Waals surface area contributed by atoms with Gasteiger partial charge in [-0.2, -0.15) is 4.98 Å². The average Bonchev–Trinajstić information content (AvgIpc) is 3.30. The molecule has 0 aliphatic carbocycles. The van der Waals surface area contributed by atoms with Crippen LogP contribution in [0.3, 0.4) is 0 Å². The number of aromatic nitrogens is 2. The summed E-state index contributed by atoms with van der Waals surface area (Å²) in [7, 11) is 0. The van der Waals surface area contributed by atoms with E-state index in [9.17, 15) is 0 Å². The van der Waals surface area contributed by atoms with Crippen LogP contribution >= 0.6 is 0 Å². The summed E-state index contributed by atoms with van der Waals surface area (Å²) in [5.41, 5.74) is 3.68. The minimum Gasteiger partial charge on any atom is -0.454 e. The second-order valence-corrected chi connectivity index (χ2v) is 6.31. The molecule has 25 heavy (non-hydrogen) atoms. The molecule has 0 atom stereocenters. The Hall–Kier alpha value is -2.86. The van der Waals surface area contributed by atoms with Gasteiger partial charge in [-0.05, 0) is 35.7 Å². The third-order valence-corrected chi connectivity index (χ3v) is 4.67. The lowest BCUT2D eigenvalue weighted by Crippen LogP contribution is -2.30. The topological polar surface area (TPSA) is 60.6 Å². The second kappa shape index (κ2) is 5.89. The van der Waals surface area contributed by atoms with Gasteiger partial charge in [-0.15, -0.1) is 0 Å². The molecule has 2 aromatic carbocycles. The SMILES string of the molecule is c1ccc2c(c1)CCN(Cc1nc(-c3ccc4c(c3)OCO4)no1)C2. The van der Waals surface area contributed by atoms with E-state index in [0.29, 0.717) is 18.3 Å². The zero-order valence-electron chi connectivity index (χ0n) is 13.6. The van der Waals surface area contributed by atoms with Crippen molar-refractivity contribution in [2.24, 2.45) is 0 Å². The third-order valence-electron chi connectivity index (χ3n) is 4.67. The highest BCUT2D eigenvalue weighted by atomic mass is 16.7. The highest BCUT2D eigenvalue weighted by molar-refractivity contribution is 5.61. The van der Waals surface area contributed by atoms with Crippen molar-refractivity contribution in [1.82, 2.24) is 15.0 Å². The van der Waals surface area contributed by atoms with E-state index in [-0.39, 0.29) is 6.79 Å². The number of benzene rings is 2. The van der Waals surface area contributed by atoms with Crippen LogP contribution < -0.4 is 9.47 Å². The second-order valence-electron chi connectivity index (χ2n) is 6.31. The van der Waals surface area contributed by atoms with E-state index in [1.807, 2.05) is 18.2 Å². The van der Waals surface area contributed by atoms with Gasteiger partial charge in [0.1, 0.15) is 0 Å². The molecule has 0 saturated heterocycles. The van der Waals surface area contributed by atoms with Gasteiger partial charge in [0.2, 0.25) is 18.5 Å². The number of ether oxygens (including phenoxy) is 2. The summed E-state index contributed by atoms with van der Waals surface area (Å²) >= 11 is 0. The highest BCUT2D eigenvalue weighted by Crippen LogP contribution is 2.35. The molecule has 1 aromatic heterocycles. The van der Waals surface area contributed by atoms with Crippen LogP contribution in [-0.2, 0) is 19.5 Å². The first-order chi connectivity index (χ1) is 12.3. The molecule has 0 amide bonds. The Bertz CT molecular complexity index is 922.